The van der Waals surface area contributed by atoms with E-state index in [1.807, 2.05) is 24.3 Å². The van der Waals surface area contributed by atoms with E-state index in [0.717, 1.165) is 29.4 Å². The first-order valence-corrected chi connectivity index (χ1v) is 7.17. The number of ether oxygens (including phenoxy) is 1. The number of nitrogens with one attached hydrogen (secondary N) is 1. The minimum Gasteiger partial charge on any atom is -0.446 e. The topological polar surface area (TPSA) is 38.3 Å². The summed E-state index contributed by atoms with van der Waals surface area (Å²) < 4.78 is 6.42. The maximum absolute atomic E-state index is 11.8. The van der Waals surface area contributed by atoms with E-state index in [-0.39, 0.29) is 12.2 Å². The Hall–Kier alpha value is -1.03. The molecule has 2 unspecified atom stereocenters. The quantitative estimate of drug-likeness (QED) is 0.868. The third kappa shape index (κ3) is 3.73. The van der Waals surface area contributed by atoms with Crippen LogP contribution in [0.2, 0.25) is 0 Å². The van der Waals surface area contributed by atoms with E-state index < -0.39 is 0 Å². The number of rotatable bonds is 2. The van der Waals surface area contributed by atoms with Crippen LogP contribution in [0.5, 0.6) is 0 Å². The van der Waals surface area contributed by atoms with E-state index >= 15 is 0 Å². The van der Waals surface area contributed by atoms with Crippen molar-refractivity contribution in [3.63, 3.8) is 0 Å². The summed E-state index contributed by atoms with van der Waals surface area (Å²) in [6, 6.07) is 7.49. The van der Waals surface area contributed by atoms with Gasteiger partial charge in [0.15, 0.2) is 0 Å². The highest BCUT2D eigenvalue weighted by Gasteiger charge is 2.24. The van der Waals surface area contributed by atoms with Crippen LogP contribution in [0, 0.1) is 5.92 Å². The molecule has 1 aliphatic carbocycles. The van der Waals surface area contributed by atoms with Gasteiger partial charge in [-0.15, -0.1) is 0 Å². The molecule has 98 valence electrons. The van der Waals surface area contributed by atoms with Crippen LogP contribution in [0.1, 0.15) is 32.6 Å². The molecule has 1 fully saturated rings. The zero-order valence-electron chi connectivity index (χ0n) is 10.5. The second-order valence-corrected chi connectivity index (χ2v) is 5.76. The average molecular weight is 312 g/mol. The minimum absolute atomic E-state index is 0.0610. The number of halogens is 1. The van der Waals surface area contributed by atoms with Crippen LogP contribution in [0.3, 0.4) is 0 Å². The van der Waals surface area contributed by atoms with Gasteiger partial charge in [0.2, 0.25) is 0 Å². The van der Waals surface area contributed by atoms with Crippen molar-refractivity contribution >= 4 is 27.7 Å². The summed E-state index contributed by atoms with van der Waals surface area (Å²) >= 11 is 3.37. The first-order valence-electron chi connectivity index (χ1n) is 6.38. The van der Waals surface area contributed by atoms with Gasteiger partial charge in [0.25, 0.3) is 0 Å². The Morgan fingerprint density at radius 3 is 2.89 bits per heavy atom. The molecule has 1 N–H and O–H groups in total. The van der Waals surface area contributed by atoms with Crippen LogP contribution < -0.4 is 5.32 Å². The molecule has 1 amide bonds. The molecular formula is C14H18BrNO2. The molecule has 2 atom stereocenters. The number of carbonyl (C=O) groups is 1. The Kier molecular flexibility index (Phi) is 4.64. The monoisotopic (exact) mass is 311 g/mol. The van der Waals surface area contributed by atoms with Gasteiger partial charge in [-0.1, -0.05) is 35.3 Å². The lowest BCUT2D eigenvalue weighted by Crippen LogP contribution is -2.30. The standard InChI is InChI=1S/C14H18BrNO2/c1-10-5-2-3-8-13(10)18-14(17)16-12-7-4-6-11(15)9-12/h4,6-7,9-10,13H,2-3,5,8H2,1H3,(H,16,17). The minimum atomic E-state index is -0.355. The second-order valence-electron chi connectivity index (χ2n) is 4.84. The predicted octanol–water partition coefficient (Wildman–Crippen LogP) is 4.58. The van der Waals surface area contributed by atoms with Gasteiger partial charge in [0.1, 0.15) is 6.10 Å². The summed E-state index contributed by atoms with van der Waals surface area (Å²) in [5, 5.41) is 2.76. The summed E-state index contributed by atoms with van der Waals surface area (Å²) in [5.41, 5.74) is 0.748. The second kappa shape index (κ2) is 6.23. The normalized spacial score (nSPS) is 23.4. The van der Waals surface area contributed by atoms with Crippen LogP contribution in [0.4, 0.5) is 10.5 Å². The highest BCUT2D eigenvalue weighted by Crippen LogP contribution is 2.26. The fraction of sp³-hybridized carbons (Fsp3) is 0.500. The van der Waals surface area contributed by atoms with Crippen molar-refractivity contribution in [3.8, 4) is 0 Å². The smallest absolute Gasteiger partial charge is 0.411 e. The molecule has 0 saturated heterocycles. The largest absolute Gasteiger partial charge is 0.446 e. The van der Waals surface area contributed by atoms with Gasteiger partial charge in [-0.25, -0.2) is 4.79 Å². The number of amides is 1. The summed E-state index contributed by atoms with van der Waals surface area (Å²) in [6.45, 7) is 2.15. The molecule has 0 bridgehead atoms. The van der Waals surface area contributed by atoms with E-state index in [1.165, 1.54) is 6.42 Å². The number of hydrogen-bond donors (Lipinski definition) is 1. The molecular weight excluding hydrogens is 294 g/mol. The third-order valence-electron chi connectivity index (χ3n) is 3.36. The lowest BCUT2D eigenvalue weighted by molar-refractivity contribution is 0.0524. The van der Waals surface area contributed by atoms with Gasteiger partial charge >= 0.3 is 6.09 Å². The van der Waals surface area contributed by atoms with Crippen LogP contribution in [0.25, 0.3) is 0 Å². The Balaban J connectivity index is 1.88. The molecule has 3 nitrogen and oxygen atoms in total. The molecule has 1 aromatic rings. The Bertz CT molecular complexity index is 422. The third-order valence-corrected chi connectivity index (χ3v) is 3.86. The van der Waals surface area contributed by atoms with E-state index in [4.69, 9.17) is 4.74 Å². The molecule has 2 rings (SSSR count). The predicted molar refractivity (Wildman–Crippen MR) is 75.7 cm³/mol. The Morgan fingerprint density at radius 2 is 2.17 bits per heavy atom. The van der Waals surface area contributed by atoms with Crippen molar-refractivity contribution in [3.05, 3.63) is 28.7 Å². The van der Waals surface area contributed by atoms with Gasteiger partial charge in [-0.05, 0) is 43.4 Å². The van der Waals surface area contributed by atoms with E-state index in [0.29, 0.717) is 5.92 Å². The number of carbonyl (C=O) groups excluding carboxylic acids is 1. The highest BCUT2D eigenvalue weighted by atomic mass is 79.9. The molecule has 0 radical (unpaired) electrons. The lowest BCUT2D eigenvalue weighted by Gasteiger charge is -2.28. The average Bonchev–Trinajstić information content (AvgIpc) is 2.32. The van der Waals surface area contributed by atoms with Crippen molar-refractivity contribution in [2.45, 2.75) is 38.7 Å². The number of benzene rings is 1. The van der Waals surface area contributed by atoms with Crippen molar-refractivity contribution in [2.24, 2.45) is 5.92 Å². The first kappa shape index (κ1) is 13.4. The molecule has 1 aliphatic rings. The molecule has 4 heteroatoms. The van der Waals surface area contributed by atoms with Crippen molar-refractivity contribution in [1.29, 1.82) is 0 Å². The van der Waals surface area contributed by atoms with Crippen molar-refractivity contribution in [2.75, 3.05) is 5.32 Å². The van der Waals surface area contributed by atoms with Crippen molar-refractivity contribution in [1.82, 2.24) is 0 Å². The summed E-state index contributed by atoms with van der Waals surface area (Å²) in [7, 11) is 0. The molecule has 0 heterocycles. The van der Waals surface area contributed by atoms with Crippen LogP contribution in [0.15, 0.2) is 28.7 Å². The van der Waals surface area contributed by atoms with Gasteiger partial charge < -0.3 is 4.74 Å². The van der Waals surface area contributed by atoms with Crippen molar-refractivity contribution < 1.29 is 9.53 Å². The van der Waals surface area contributed by atoms with E-state index in [2.05, 4.69) is 28.2 Å². The summed E-state index contributed by atoms with van der Waals surface area (Å²) in [5.74, 6) is 0.465. The maximum atomic E-state index is 11.8. The lowest BCUT2D eigenvalue weighted by atomic mass is 9.88. The van der Waals surface area contributed by atoms with Crippen LogP contribution in [-0.2, 0) is 4.74 Å². The molecule has 0 aliphatic heterocycles. The molecule has 1 saturated carbocycles. The first-order chi connectivity index (χ1) is 8.65. The molecule has 0 spiro atoms. The fourth-order valence-corrected chi connectivity index (χ4v) is 2.71. The van der Waals surface area contributed by atoms with Gasteiger partial charge in [0.05, 0.1) is 0 Å². The van der Waals surface area contributed by atoms with Gasteiger partial charge in [-0.3, -0.25) is 5.32 Å². The van der Waals surface area contributed by atoms with Crippen LogP contribution >= 0.6 is 15.9 Å². The number of hydrogen-bond acceptors (Lipinski definition) is 2. The van der Waals surface area contributed by atoms with Gasteiger partial charge in [-0.2, -0.15) is 0 Å². The van der Waals surface area contributed by atoms with E-state index in [9.17, 15) is 4.79 Å². The number of anilines is 1. The Labute approximate surface area is 116 Å². The summed E-state index contributed by atoms with van der Waals surface area (Å²) in [4.78, 5) is 11.8. The Morgan fingerprint density at radius 1 is 1.39 bits per heavy atom. The SMILES string of the molecule is CC1CCCCC1OC(=O)Nc1cccc(Br)c1. The fourth-order valence-electron chi connectivity index (χ4n) is 2.31. The van der Waals surface area contributed by atoms with Gasteiger partial charge in [0, 0.05) is 10.2 Å². The molecule has 1 aromatic carbocycles. The summed E-state index contributed by atoms with van der Waals surface area (Å²) in [6.07, 6.45) is 4.23. The zero-order chi connectivity index (χ0) is 13.0. The molecule has 0 aromatic heterocycles. The maximum Gasteiger partial charge on any atom is 0.411 e. The zero-order valence-corrected chi connectivity index (χ0v) is 12.1. The van der Waals surface area contributed by atoms with E-state index in [1.54, 1.807) is 0 Å². The molecule has 18 heavy (non-hydrogen) atoms. The highest BCUT2D eigenvalue weighted by molar-refractivity contribution is 9.10. The van der Waals surface area contributed by atoms with Crippen LogP contribution in [-0.4, -0.2) is 12.2 Å².